The Morgan fingerprint density at radius 1 is 1.00 bits per heavy atom. The zero-order chi connectivity index (χ0) is 16.0. The first-order valence-corrected chi connectivity index (χ1v) is 7.68. The van der Waals surface area contributed by atoms with Crippen molar-refractivity contribution >= 4 is 18.3 Å². The minimum absolute atomic E-state index is 0.000353. The van der Waals surface area contributed by atoms with E-state index in [0.717, 1.165) is 23.1 Å². The molecule has 23 heavy (non-hydrogen) atoms. The lowest BCUT2D eigenvalue weighted by Gasteiger charge is -2.10. The fraction of sp³-hybridized carbons (Fsp3) is 0.0556. The fourth-order valence-electron chi connectivity index (χ4n) is 3.06. The maximum Gasteiger partial charge on any atom is 0.128 e. The van der Waals surface area contributed by atoms with E-state index in [1.165, 1.54) is 17.7 Å². The van der Waals surface area contributed by atoms with E-state index < -0.39 is 0 Å². The largest absolute Gasteiger partial charge is 0.508 e. The highest BCUT2D eigenvalue weighted by atomic mass is 32.1. The van der Waals surface area contributed by atoms with Gasteiger partial charge >= 0.3 is 0 Å². The number of phenols is 2. The molecule has 3 aromatic rings. The zero-order valence-electron chi connectivity index (χ0n) is 12.1. The average molecular weight is 322 g/mol. The normalized spacial score (nSPS) is 12.5. The van der Waals surface area contributed by atoms with E-state index in [1.54, 1.807) is 6.07 Å². The van der Waals surface area contributed by atoms with Crippen LogP contribution in [0.15, 0.2) is 42.5 Å². The molecule has 0 atom stereocenters. The van der Waals surface area contributed by atoms with Crippen LogP contribution in [-0.4, -0.2) is 20.4 Å². The molecule has 1 aliphatic rings. The summed E-state index contributed by atoms with van der Waals surface area (Å²) in [5.41, 5.74) is 5.60. The van der Waals surface area contributed by atoms with Crippen molar-refractivity contribution in [1.82, 2.24) is 10.2 Å². The summed E-state index contributed by atoms with van der Waals surface area (Å²) in [7, 11) is 0. The van der Waals surface area contributed by atoms with Gasteiger partial charge < -0.3 is 10.2 Å². The standard InChI is InChI=1S/C18H14N2O2S/c21-11-7-8-14(15(22)9-11)17-16(18(23)20-19-17)13-6-2-4-10-3-1-5-12(10)13/h1-2,4-9,21-22H,3H2,(H2,19,20,23). The third-order valence-electron chi connectivity index (χ3n) is 4.12. The van der Waals surface area contributed by atoms with Gasteiger partial charge in [-0.1, -0.05) is 42.6 Å². The summed E-state index contributed by atoms with van der Waals surface area (Å²) in [5, 5.41) is 25.7. The second-order valence-corrected chi connectivity index (χ2v) is 5.92. The third-order valence-corrected chi connectivity index (χ3v) is 4.42. The lowest BCUT2D eigenvalue weighted by Crippen LogP contribution is -1.89. The van der Waals surface area contributed by atoms with Gasteiger partial charge in [-0.25, -0.2) is 0 Å². The quantitative estimate of drug-likeness (QED) is 0.529. The lowest BCUT2D eigenvalue weighted by molar-refractivity contribution is 0.452. The predicted molar refractivity (Wildman–Crippen MR) is 92.9 cm³/mol. The Kier molecular flexibility index (Phi) is 3.09. The number of aromatic hydroxyl groups is 2. The highest BCUT2D eigenvalue weighted by Crippen LogP contribution is 2.40. The van der Waals surface area contributed by atoms with Gasteiger partial charge in [0.1, 0.15) is 16.1 Å². The topological polar surface area (TPSA) is 72.0 Å². The van der Waals surface area contributed by atoms with Gasteiger partial charge in [0.2, 0.25) is 0 Å². The van der Waals surface area contributed by atoms with Gasteiger partial charge in [0.05, 0.1) is 5.69 Å². The second-order valence-electron chi connectivity index (χ2n) is 5.52. The van der Waals surface area contributed by atoms with Crippen LogP contribution in [0.3, 0.4) is 0 Å². The molecule has 0 bridgehead atoms. The van der Waals surface area contributed by atoms with Crippen molar-refractivity contribution in [2.45, 2.75) is 6.42 Å². The van der Waals surface area contributed by atoms with E-state index >= 15 is 0 Å². The molecule has 0 saturated heterocycles. The molecular formula is C18H14N2O2S. The van der Waals surface area contributed by atoms with E-state index in [1.807, 2.05) is 12.1 Å². The molecule has 0 fully saturated rings. The van der Waals surface area contributed by atoms with Crippen LogP contribution in [0.4, 0.5) is 0 Å². The molecule has 1 aliphatic carbocycles. The number of hydrogen-bond donors (Lipinski definition) is 4. The fourth-order valence-corrected chi connectivity index (χ4v) is 3.32. The van der Waals surface area contributed by atoms with Crippen LogP contribution in [-0.2, 0) is 6.42 Å². The first kappa shape index (κ1) is 13.8. The van der Waals surface area contributed by atoms with Crippen molar-refractivity contribution in [1.29, 1.82) is 0 Å². The van der Waals surface area contributed by atoms with Gasteiger partial charge in [0.25, 0.3) is 0 Å². The molecular weight excluding hydrogens is 308 g/mol. The summed E-state index contributed by atoms with van der Waals surface area (Å²) in [4.78, 5) is 0. The van der Waals surface area contributed by atoms with Crippen LogP contribution >= 0.6 is 12.2 Å². The van der Waals surface area contributed by atoms with Crippen LogP contribution in [0, 0.1) is 4.64 Å². The smallest absolute Gasteiger partial charge is 0.128 e. The van der Waals surface area contributed by atoms with E-state index in [-0.39, 0.29) is 11.5 Å². The number of H-pyrrole nitrogens is 2. The summed E-state index contributed by atoms with van der Waals surface area (Å²) in [6, 6.07) is 10.7. The maximum absolute atomic E-state index is 10.2. The van der Waals surface area contributed by atoms with Crippen molar-refractivity contribution in [3.05, 3.63) is 58.2 Å². The van der Waals surface area contributed by atoms with Crippen molar-refractivity contribution in [2.24, 2.45) is 0 Å². The Bertz CT molecular complexity index is 998. The predicted octanol–water partition coefficient (Wildman–Crippen LogP) is 4.39. The number of aromatic amines is 2. The Morgan fingerprint density at radius 3 is 2.70 bits per heavy atom. The molecule has 0 spiro atoms. The number of hydrogen-bond acceptors (Lipinski definition) is 3. The monoisotopic (exact) mass is 322 g/mol. The van der Waals surface area contributed by atoms with Crippen molar-refractivity contribution in [2.75, 3.05) is 0 Å². The van der Waals surface area contributed by atoms with Gasteiger partial charge in [0, 0.05) is 17.2 Å². The maximum atomic E-state index is 10.2. The summed E-state index contributed by atoms with van der Waals surface area (Å²) in [6.07, 6.45) is 5.15. The van der Waals surface area contributed by atoms with Crippen molar-refractivity contribution in [3.63, 3.8) is 0 Å². The van der Waals surface area contributed by atoms with E-state index in [9.17, 15) is 10.2 Å². The number of rotatable bonds is 2. The molecule has 0 radical (unpaired) electrons. The number of benzene rings is 2. The number of phenolic OH excluding ortho intramolecular Hbond substituents is 2. The zero-order valence-corrected chi connectivity index (χ0v) is 12.9. The van der Waals surface area contributed by atoms with Gasteiger partial charge in [-0.2, -0.15) is 0 Å². The number of nitrogens with one attached hydrogen (secondary N) is 2. The minimum Gasteiger partial charge on any atom is -0.508 e. The Labute approximate surface area is 137 Å². The first-order chi connectivity index (χ1) is 11.1. The molecule has 0 aliphatic heterocycles. The third kappa shape index (κ3) is 2.17. The van der Waals surface area contributed by atoms with Crippen LogP contribution in [0.2, 0.25) is 0 Å². The summed E-state index contributed by atoms with van der Waals surface area (Å²) in [5.74, 6) is 0.0186. The van der Waals surface area contributed by atoms with E-state index in [2.05, 4.69) is 28.4 Å². The second kappa shape index (κ2) is 5.14. The number of fused-ring (bicyclic) bond motifs is 1. The molecule has 1 aromatic heterocycles. The molecule has 0 amide bonds. The van der Waals surface area contributed by atoms with E-state index in [4.69, 9.17) is 12.2 Å². The summed E-state index contributed by atoms with van der Waals surface area (Å²) >= 11 is 5.45. The van der Waals surface area contributed by atoms with Gasteiger partial charge in [-0.3, -0.25) is 10.2 Å². The van der Waals surface area contributed by atoms with Gasteiger partial charge in [-0.15, -0.1) is 0 Å². The van der Waals surface area contributed by atoms with Crippen molar-refractivity contribution < 1.29 is 10.2 Å². The van der Waals surface area contributed by atoms with Crippen molar-refractivity contribution in [3.8, 4) is 33.9 Å². The molecule has 0 saturated carbocycles. The Balaban J connectivity index is 1.99. The lowest BCUT2D eigenvalue weighted by atomic mass is 9.95. The first-order valence-electron chi connectivity index (χ1n) is 7.27. The van der Waals surface area contributed by atoms with Gasteiger partial charge in [-0.05, 0) is 35.2 Å². The highest BCUT2D eigenvalue weighted by molar-refractivity contribution is 7.71. The minimum atomic E-state index is -0.000353. The number of aromatic nitrogens is 2. The van der Waals surface area contributed by atoms with E-state index in [0.29, 0.717) is 15.9 Å². The highest BCUT2D eigenvalue weighted by Gasteiger charge is 2.19. The van der Waals surface area contributed by atoms with Crippen LogP contribution in [0.5, 0.6) is 11.5 Å². The SMILES string of the molecule is Oc1ccc(-c2[nH][nH]c(=S)c2-c2cccc3c2C=CC3)c(O)c1. The Morgan fingerprint density at radius 2 is 1.87 bits per heavy atom. The van der Waals surface area contributed by atoms with Crippen LogP contribution in [0.1, 0.15) is 11.1 Å². The van der Waals surface area contributed by atoms with Crippen LogP contribution in [0.25, 0.3) is 28.5 Å². The molecule has 0 unspecified atom stereocenters. The summed E-state index contributed by atoms with van der Waals surface area (Å²) in [6.45, 7) is 0. The molecule has 4 N–H and O–H groups in total. The van der Waals surface area contributed by atoms with Gasteiger partial charge in [0.15, 0.2) is 0 Å². The molecule has 4 nitrogen and oxygen atoms in total. The molecule has 5 heteroatoms. The molecule has 114 valence electrons. The Hall–Kier alpha value is -2.79. The summed E-state index contributed by atoms with van der Waals surface area (Å²) < 4.78 is 0.584. The molecule has 1 heterocycles. The molecule has 2 aromatic carbocycles. The number of allylic oxidation sites excluding steroid dienone is 1. The molecule has 4 rings (SSSR count). The average Bonchev–Trinajstić information content (AvgIpc) is 3.14. The van der Waals surface area contributed by atoms with Crippen LogP contribution < -0.4 is 0 Å².